The number of halogens is 3. The van der Waals surface area contributed by atoms with Gasteiger partial charge in [-0.2, -0.15) is 13.2 Å². The molecule has 31 heavy (non-hydrogen) atoms. The number of carbonyl (C=O) groups excluding carboxylic acids is 1. The van der Waals surface area contributed by atoms with E-state index in [9.17, 15) is 18.0 Å². The van der Waals surface area contributed by atoms with Gasteiger partial charge in [0.05, 0.1) is 11.3 Å². The summed E-state index contributed by atoms with van der Waals surface area (Å²) >= 11 is 5.25. The monoisotopic (exact) mass is 444 g/mol. The summed E-state index contributed by atoms with van der Waals surface area (Å²) in [6.07, 6.45) is -2.94. The van der Waals surface area contributed by atoms with Crippen molar-refractivity contribution in [1.29, 1.82) is 0 Å². The van der Waals surface area contributed by atoms with E-state index in [4.69, 9.17) is 21.4 Å². The molecule has 1 aliphatic rings. The third kappa shape index (κ3) is 4.61. The smallest absolute Gasteiger partial charge is 0.416 e. The number of thiocarbonyl (C=S) groups is 1. The molecule has 3 aromatic rings. The van der Waals surface area contributed by atoms with Gasteiger partial charge in [0.15, 0.2) is 5.11 Å². The van der Waals surface area contributed by atoms with Gasteiger partial charge in [-0.3, -0.25) is 9.69 Å². The second kappa shape index (κ2) is 8.27. The molecule has 4 rings (SSSR count). The van der Waals surface area contributed by atoms with E-state index in [1.807, 2.05) is 6.07 Å². The Hall–Kier alpha value is -3.59. The van der Waals surface area contributed by atoms with Gasteiger partial charge in [0, 0.05) is 6.08 Å². The summed E-state index contributed by atoms with van der Waals surface area (Å²) in [6, 6.07) is 16.8. The largest absolute Gasteiger partial charge is 0.486 e. The third-order valence-electron chi connectivity index (χ3n) is 4.40. The fourth-order valence-corrected chi connectivity index (χ4v) is 3.25. The molecule has 2 aromatic carbocycles. The second-order valence-corrected chi connectivity index (χ2v) is 6.97. The van der Waals surface area contributed by atoms with Gasteiger partial charge < -0.3 is 14.5 Å². The molecule has 9 heteroatoms. The summed E-state index contributed by atoms with van der Waals surface area (Å²) in [5, 5.41) is 3.11. The standard InChI is InChI=1S/C22H15F3N2O3S/c23-22(24,25)14-5-4-8-16(11-14)29-13-18-10-9-17(30-18)12-19-20(28)27(21(31)26-19)15-6-2-1-3-7-15/h1-12H,13H2,(H,26,31)/b19-12+. The molecule has 2 heterocycles. The first-order valence-corrected chi connectivity index (χ1v) is 9.53. The third-order valence-corrected chi connectivity index (χ3v) is 4.69. The number of carbonyl (C=O) groups is 1. The minimum Gasteiger partial charge on any atom is -0.486 e. The summed E-state index contributed by atoms with van der Waals surface area (Å²) in [7, 11) is 0. The van der Waals surface area contributed by atoms with Gasteiger partial charge in [-0.1, -0.05) is 24.3 Å². The number of ether oxygens (including phenoxy) is 1. The van der Waals surface area contributed by atoms with Crippen LogP contribution in [0.15, 0.2) is 76.8 Å². The number of rotatable bonds is 5. The maximum absolute atomic E-state index is 12.8. The Kier molecular flexibility index (Phi) is 5.51. The van der Waals surface area contributed by atoms with Crippen LogP contribution in [-0.2, 0) is 17.6 Å². The molecule has 1 aromatic heterocycles. The van der Waals surface area contributed by atoms with Crippen molar-refractivity contribution in [2.45, 2.75) is 12.8 Å². The Labute approximate surface area is 180 Å². The van der Waals surface area contributed by atoms with E-state index in [0.717, 1.165) is 12.1 Å². The van der Waals surface area contributed by atoms with E-state index in [0.29, 0.717) is 17.2 Å². The van der Waals surface area contributed by atoms with Crippen molar-refractivity contribution in [2.75, 3.05) is 4.90 Å². The van der Waals surface area contributed by atoms with E-state index < -0.39 is 11.7 Å². The Morgan fingerprint density at radius 3 is 2.58 bits per heavy atom. The van der Waals surface area contributed by atoms with Gasteiger partial charge in [0.25, 0.3) is 5.91 Å². The van der Waals surface area contributed by atoms with Crippen molar-refractivity contribution >= 4 is 35.0 Å². The molecule has 1 amide bonds. The first kappa shape index (κ1) is 20.7. The lowest BCUT2D eigenvalue weighted by Crippen LogP contribution is -2.30. The molecule has 1 fully saturated rings. The number of para-hydroxylation sites is 1. The minimum absolute atomic E-state index is 0.0690. The van der Waals surface area contributed by atoms with Crippen LogP contribution < -0.4 is 15.0 Å². The number of benzene rings is 2. The van der Waals surface area contributed by atoms with Crippen LogP contribution in [0.5, 0.6) is 5.75 Å². The topological polar surface area (TPSA) is 54.7 Å². The van der Waals surface area contributed by atoms with Crippen LogP contribution in [0.3, 0.4) is 0 Å². The fraction of sp³-hybridized carbons (Fsp3) is 0.0909. The van der Waals surface area contributed by atoms with Crippen molar-refractivity contribution in [1.82, 2.24) is 5.32 Å². The van der Waals surface area contributed by atoms with Crippen molar-refractivity contribution < 1.29 is 27.1 Å². The van der Waals surface area contributed by atoms with Crippen LogP contribution in [0.1, 0.15) is 17.1 Å². The molecule has 0 bridgehead atoms. The number of furan rings is 1. The molecule has 0 spiro atoms. The lowest BCUT2D eigenvalue weighted by Gasteiger charge is -2.13. The molecule has 158 valence electrons. The minimum atomic E-state index is -4.45. The van der Waals surface area contributed by atoms with Crippen LogP contribution in [0.2, 0.25) is 0 Å². The highest BCUT2D eigenvalue weighted by Crippen LogP contribution is 2.31. The average molecular weight is 444 g/mol. The molecule has 0 atom stereocenters. The second-order valence-electron chi connectivity index (χ2n) is 6.58. The van der Waals surface area contributed by atoms with E-state index in [-0.39, 0.29) is 29.1 Å². The van der Waals surface area contributed by atoms with Crippen molar-refractivity contribution in [3.63, 3.8) is 0 Å². The zero-order valence-electron chi connectivity index (χ0n) is 15.8. The normalized spacial score (nSPS) is 15.5. The van der Waals surface area contributed by atoms with E-state index in [2.05, 4.69) is 5.32 Å². The maximum Gasteiger partial charge on any atom is 0.416 e. The van der Waals surface area contributed by atoms with Gasteiger partial charge in [-0.15, -0.1) is 0 Å². The van der Waals surface area contributed by atoms with Crippen molar-refractivity contribution in [2.24, 2.45) is 0 Å². The van der Waals surface area contributed by atoms with E-state index >= 15 is 0 Å². The lowest BCUT2D eigenvalue weighted by atomic mass is 10.2. The van der Waals surface area contributed by atoms with E-state index in [1.165, 1.54) is 23.1 Å². The molecule has 1 saturated heterocycles. The first-order valence-electron chi connectivity index (χ1n) is 9.12. The Bertz CT molecular complexity index is 1160. The number of alkyl halides is 3. The quantitative estimate of drug-likeness (QED) is 0.436. The molecule has 0 aliphatic carbocycles. The van der Waals surface area contributed by atoms with E-state index in [1.54, 1.807) is 36.4 Å². The predicted molar refractivity (Wildman–Crippen MR) is 112 cm³/mol. The molecular weight excluding hydrogens is 429 g/mol. The highest BCUT2D eigenvalue weighted by Gasteiger charge is 2.32. The number of hydrogen-bond donors (Lipinski definition) is 1. The van der Waals surface area contributed by atoms with Crippen LogP contribution >= 0.6 is 12.2 Å². The number of amides is 1. The number of nitrogens with one attached hydrogen (secondary N) is 1. The van der Waals surface area contributed by atoms with Crippen molar-refractivity contribution in [3.05, 3.63) is 89.5 Å². The molecule has 0 unspecified atom stereocenters. The SMILES string of the molecule is O=C1/C(=C\c2ccc(COc3cccc(C(F)(F)F)c3)o2)NC(=S)N1c1ccccc1. The van der Waals surface area contributed by atoms with Gasteiger partial charge in [0.2, 0.25) is 0 Å². The average Bonchev–Trinajstić information content (AvgIpc) is 3.30. The highest BCUT2D eigenvalue weighted by molar-refractivity contribution is 7.80. The van der Waals surface area contributed by atoms with Gasteiger partial charge in [0.1, 0.15) is 29.6 Å². The highest BCUT2D eigenvalue weighted by atomic mass is 32.1. The first-order chi connectivity index (χ1) is 14.8. The summed E-state index contributed by atoms with van der Waals surface area (Å²) in [5.74, 6) is 0.505. The Balaban J connectivity index is 1.44. The zero-order valence-corrected chi connectivity index (χ0v) is 16.7. The Morgan fingerprint density at radius 1 is 1.06 bits per heavy atom. The molecule has 0 saturated carbocycles. The summed E-state index contributed by atoms with van der Waals surface area (Å²) < 4.78 is 49.4. The molecule has 0 radical (unpaired) electrons. The molecule has 5 nitrogen and oxygen atoms in total. The lowest BCUT2D eigenvalue weighted by molar-refractivity contribution is -0.137. The van der Waals surface area contributed by atoms with Crippen molar-refractivity contribution in [3.8, 4) is 5.75 Å². The summed E-state index contributed by atoms with van der Waals surface area (Å²) in [4.78, 5) is 14.1. The van der Waals surface area contributed by atoms with Crippen LogP contribution in [-0.4, -0.2) is 11.0 Å². The molecule has 1 aliphatic heterocycles. The van der Waals surface area contributed by atoms with Gasteiger partial charge in [-0.05, 0) is 54.7 Å². The predicted octanol–water partition coefficient (Wildman–Crippen LogP) is 5.14. The van der Waals surface area contributed by atoms with Crippen LogP contribution in [0.25, 0.3) is 6.08 Å². The number of hydrogen-bond acceptors (Lipinski definition) is 4. The van der Waals surface area contributed by atoms with Crippen LogP contribution in [0.4, 0.5) is 18.9 Å². The zero-order chi connectivity index (χ0) is 22.0. The van der Waals surface area contributed by atoms with Gasteiger partial charge >= 0.3 is 6.18 Å². The summed E-state index contributed by atoms with van der Waals surface area (Å²) in [5.41, 5.74) is 0.0937. The maximum atomic E-state index is 12.8. The Morgan fingerprint density at radius 2 is 1.84 bits per heavy atom. The number of anilines is 1. The summed E-state index contributed by atoms with van der Waals surface area (Å²) in [6.45, 7) is -0.0690. The fourth-order valence-electron chi connectivity index (χ4n) is 2.96. The van der Waals surface area contributed by atoms with Gasteiger partial charge in [-0.25, -0.2) is 0 Å². The molecule has 1 N–H and O–H groups in total. The molecular formula is C22H15F3N2O3S. The van der Waals surface area contributed by atoms with Crippen LogP contribution in [0, 0.1) is 0 Å². The number of nitrogens with zero attached hydrogens (tertiary/aromatic N) is 1.